The van der Waals surface area contributed by atoms with E-state index in [1.807, 2.05) is 6.92 Å². The molecule has 1 aromatic carbocycles. The minimum Gasteiger partial charge on any atom is -0.463 e. The molecule has 0 spiro atoms. The quantitative estimate of drug-likeness (QED) is 0.551. The van der Waals surface area contributed by atoms with Crippen LogP contribution in [-0.4, -0.2) is 31.1 Å². The maximum absolute atomic E-state index is 13.8. The van der Waals surface area contributed by atoms with Crippen molar-refractivity contribution in [1.82, 2.24) is 24.5 Å². The normalized spacial score (nSPS) is 11.1. The van der Waals surface area contributed by atoms with Gasteiger partial charge in [-0.05, 0) is 24.6 Å². The lowest BCUT2D eigenvalue weighted by Gasteiger charge is -2.09. The maximum Gasteiger partial charge on any atom is 0.320 e. The number of aromatic nitrogens is 5. The van der Waals surface area contributed by atoms with Crippen LogP contribution in [0.15, 0.2) is 47.4 Å². The highest BCUT2D eigenvalue weighted by Crippen LogP contribution is 2.30. The monoisotopic (exact) mass is 380 g/mol. The van der Waals surface area contributed by atoms with E-state index in [1.165, 1.54) is 24.4 Å². The van der Waals surface area contributed by atoms with Crippen molar-refractivity contribution in [1.29, 1.82) is 0 Å². The number of imidazole rings is 1. The zero-order valence-electron chi connectivity index (χ0n) is 15.0. The van der Waals surface area contributed by atoms with Gasteiger partial charge in [0.25, 0.3) is 0 Å². The van der Waals surface area contributed by atoms with E-state index in [2.05, 4.69) is 19.9 Å². The number of anilines is 1. The Morgan fingerprint density at radius 2 is 2.07 bits per heavy atom. The van der Waals surface area contributed by atoms with Gasteiger partial charge < -0.3 is 15.5 Å². The van der Waals surface area contributed by atoms with E-state index >= 15 is 0 Å². The molecule has 4 aromatic rings. The molecule has 0 aliphatic carbocycles. The average molecular weight is 380 g/mol. The maximum atomic E-state index is 13.8. The molecule has 28 heavy (non-hydrogen) atoms. The second-order valence-corrected chi connectivity index (χ2v) is 6.10. The summed E-state index contributed by atoms with van der Waals surface area (Å²) in [4.78, 5) is 27.2. The number of ether oxygens (including phenoxy) is 1. The van der Waals surface area contributed by atoms with Crippen molar-refractivity contribution in [2.24, 2.45) is 0 Å². The smallest absolute Gasteiger partial charge is 0.320 e. The summed E-state index contributed by atoms with van der Waals surface area (Å²) in [6.45, 7) is 2.41. The van der Waals surface area contributed by atoms with Gasteiger partial charge in [0.15, 0.2) is 17.0 Å². The Morgan fingerprint density at radius 3 is 2.79 bits per heavy atom. The molecule has 9 heteroatoms. The van der Waals surface area contributed by atoms with Crippen LogP contribution < -0.4 is 16.0 Å². The van der Waals surface area contributed by atoms with Crippen LogP contribution in [0.3, 0.4) is 0 Å². The molecule has 3 aromatic heterocycles. The third-order valence-electron chi connectivity index (χ3n) is 4.06. The Bertz CT molecular complexity index is 1200. The number of nitrogens with two attached hydrogens (primary N) is 1. The molecule has 0 fully saturated rings. The molecule has 0 saturated carbocycles. The van der Waals surface area contributed by atoms with Crippen molar-refractivity contribution >= 4 is 17.0 Å². The molecule has 4 rings (SSSR count). The first kappa shape index (κ1) is 17.7. The van der Waals surface area contributed by atoms with Crippen LogP contribution >= 0.6 is 0 Å². The fraction of sp³-hybridized carbons (Fsp3) is 0.158. The van der Waals surface area contributed by atoms with Gasteiger partial charge in [0.2, 0.25) is 5.56 Å². The van der Waals surface area contributed by atoms with Crippen LogP contribution in [-0.2, 0) is 0 Å². The number of nitrogens with one attached hydrogen (secondary N) is 1. The van der Waals surface area contributed by atoms with Gasteiger partial charge in [0.1, 0.15) is 11.6 Å². The van der Waals surface area contributed by atoms with Crippen LogP contribution in [0.25, 0.3) is 28.2 Å². The van der Waals surface area contributed by atoms with Gasteiger partial charge in [0, 0.05) is 17.8 Å². The Labute approximate surface area is 158 Å². The number of benzene rings is 1. The molecular formula is C19H17FN6O2. The zero-order valence-corrected chi connectivity index (χ0v) is 15.0. The molecule has 0 saturated heterocycles. The summed E-state index contributed by atoms with van der Waals surface area (Å²) in [6.07, 6.45) is 2.31. The fourth-order valence-electron chi connectivity index (χ4n) is 2.82. The molecule has 142 valence electrons. The highest BCUT2D eigenvalue weighted by atomic mass is 19.1. The van der Waals surface area contributed by atoms with Gasteiger partial charge in [-0.25, -0.2) is 9.37 Å². The second-order valence-electron chi connectivity index (χ2n) is 6.10. The first-order chi connectivity index (χ1) is 13.6. The minimum atomic E-state index is -0.399. The van der Waals surface area contributed by atoms with E-state index in [-0.39, 0.29) is 17.4 Å². The predicted octanol–water partition coefficient (Wildman–Crippen LogP) is 2.68. The highest BCUT2D eigenvalue weighted by Gasteiger charge is 2.20. The molecule has 0 atom stereocenters. The zero-order chi connectivity index (χ0) is 19.7. The third-order valence-corrected chi connectivity index (χ3v) is 4.06. The summed E-state index contributed by atoms with van der Waals surface area (Å²) in [7, 11) is 0. The van der Waals surface area contributed by atoms with E-state index in [9.17, 15) is 9.18 Å². The number of nitrogens with zero attached hydrogens (tertiary/aromatic N) is 4. The van der Waals surface area contributed by atoms with E-state index in [1.54, 1.807) is 22.8 Å². The van der Waals surface area contributed by atoms with Gasteiger partial charge in [-0.15, -0.1) is 0 Å². The number of halogens is 1. The number of pyridine rings is 1. The van der Waals surface area contributed by atoms with Crippen LogP contribution in [0.4, 0.5) is 10.2 Å². The molecule has 3 heterocycles. The topological polar surface area (TPSA) is 112 Å². The lowest BCUT2D eigenvalue weighted by Crippen LogP contribution is -2.07. The Balaban J connectivity index is 2.02. The van der Waals surface area contributed by atoms with E-state index < -0.39 is 5.82 Å². The minimum absolute atomic E-state index is 0.128. The van der Waals surface area contributed by atoms with E-state index in [4.69, 9.17) is 10.5 Å². The van der Waals surface area contributed by atoms with Crippen molar-refractivity contribution in [3.63, 3.8) is 0 Å². The summed E-state index contributed by atoms with van der Waals surface area (Å²) >= 11 is 0. The Morgan fingerprint density at radius 1 is 1.21 bits per heavy atom. The van der Waals surface area contributed by atoms with Crippen molar-refractivity contribution in [3.8, 4) is 23.1 Å². The number of nitrogen functional groups attached to an aromatic ring is 1. The first-order valence-electron chi connectivity index (χ1n) is 8.70. The SMILES string of the molecule is CCCOc1nc(N)c2nc(-c3cccc(F)c3)n(-c3ccc(=O)[nH]c3)c2n1. The molecule has 0 amide bonds. The number of rotatable bonds is 5. The summed E-state index contributed by atoms with van der Waals surface area (Å²) in [5.74, 6) is 0.163. The van der Waals surface area contributed by atoms with Crippen LogP contribution in [0.5, 0.6) is 6.01 Å². The molecule has 0 aliphatic heterocycles. The molecule has 0 unspecified atom stereocenters. The van der Waals surface area contributed by atoms with Crippen molar-refractivity contribution < 1.29 is 9.13 Å². The lowest BCUT2D eigenvalue weighted by atomic mass is 10.2. The number of aromatic amines is 1. The molecule has 0 aliphatic rings. The second kappa shape index (κ2) is 7.10. The van der Waals surface area contributed by atoms with E-state index in [0.29, 0.717) is 34.8 Å². The van der Waals surface area contributed by atoms with Gasteiger partial charge in [-0.1, -0.05) is 19.1 Å². The number of H-pyrrole nitrogens is 1. The Kier molecular flexibility index (Phi) is 4.48. The Hall–Kier alpha value is -3.75. The number of fused-ring (bicyclic) bond motifs is 1. The fourth-order valence-corrected chi connectivity index (χ4v) is 2.82. The van der Waals surface area contributed by atoms with Gasteiger partial charge >= 0.3 is 6.01 Å². The average Bonchev–Trinajstić information content (AvgIpc) is 3.07. The van der Waals surface area contributed by atoms with Crippen LogP contribution in [0.2, 0.25) is 0 Å². The number of hydrogen-bond acceptors (Lipinski definition) is 6. The van der Waals surface area contributed by atoms with Gasteiger partial charge in [-0.3, -0.25) is 9.36 Å². The highest BCUT2D eigenvalue weighted by molar-refractivity contribution is 5.87. The third kappa shape index (κ3) is 3.18. The van der Waals surface area contributed by atoms with Crippen LogP contribution in [0, 0.1) is 5.82 Å². The first-order valence-corrected chi connectivity index (χ1v) is 8.70. The summed E-state index contributed by atoms with van der Waals surface area (Å²) in [5, 5.41) is 0. The van der Waals surface area contributed by atoms with Crippen molar-refractivity contribution in [2.45, 2.75) is 13.3 Å². The van der Waals surface area contributed by atoms with Gasteiger partial charge in [-0.2, -0.15) is 9.97 Å². The molecular weight excluding hydrogens is 363 g/mol. The molecule has 0 bridgehead atoms. The van der Waals surface area contributed by atoms with Gasteiger partial charge in [0.05, 0.1) is 12.3 Å². The molecule has 0 radical (unpaired) electrons. The summed E-state index contributed by atoms with van der Waals surface area (Å²) in [6, 6.07) is 9.16. The lowest BCUT2D eigenvalue weighted by molar-refractivity contribution is 0.294. The summed E-state index contributed by atoms with van der Waals surface area (Å²) in [5.41, 5.74) is 7.69. The number of hydrogen-bond donors (Lipinski definition) is 2. The molecule has 3 N–H and O–H groups in total. The van der Waals surface area contributed by atoms with Crippen molar-refractivity contribution in [3.05, 3.63) is 58.8 Å². The van der Waals surface area contributed by atoms with Crippen LogP contribution in [0.1, 0.15) is 13.3 Å². The summed E-state index contributed by atoms with van der Waals surface area (Å²) < 4.78 is 21.0. The standard InChI is InChI=1S/C19H17FN6O2/c1-2-8-28-19-24-16(21)15-18(25-19)26(13-6-7-14(27)22-10-13)17(23-15)11-4-3-5-12(20)9-11/h3-7,9-10H,2,8H2,1H3,(H,22,27)(H2,21,24,25). The van der Waals surface area contributed by atoms with Crippen molar-refractivity contribution in [2.75, 3.05) is 12.3 Å². The largest absolute Gasteiger partial charge is 0.463 e. The van der Waals surface area contributed by atoms with E-state index in [0.717, 1.165) is 6.42 Å². The predicted molar refractivity (Wildman–Crippen MR) is 103 cm³/mol. The molecule has 8 nitrogen and oxygen atoms in total.